The zero-order chi connectivity index (χ0) is 55.7. The second kappa shape index (κ2) is 66.4. The van der Waals surface area contributed by atoms with Gasteiger partial charge in [0.05, 0.1) is 0 Å². The summed E-state index contributed by atoms with van der Waals surface area (Å²) in [5.41, 5.74) is 0. The minimum absolute atomic E-state index is 0.0695. The zero-order valence-electron chi connectivity index (χ0n) is 52.3. The number of ether oxygens (including phenoxy) is 3. The minimum Gasteiger partial charge on any atom is -0.462 e. The van der Waals surface area contributed by atoms with E-state index in [2.05, 4.69) is 45.1 Å². The third kappa shape index (κ3) is 64.6. The molecule has 0 aliphatic rings. The number of hydrogen-bond acceptors (Lipinski definition) is 6. The molecule has 0 aliphatic heterocycles. The largest absolute Gasteiger partial charge is 0.462 e. The maximum Gasteiger partial charge on any atom is 0.306 e. The maximum atomic E-state index is 12.9. The Morgan fingerprint density at radius 1 is 0.247 bits per heavy atom. The Morgan fingerprint density at radius 2 is 0.429 bits per heavy atom. The van der Waals surface area contributed by atoms with Crippen LogP contribution in [-0.4, -0.2) is 37.2 Å². The van der Waals surface area contributed by atoms with Crippen LogP contribution in [0, 0.1) is 0 Å². The molecular formula is C71H134O6. The molecule has 0 saturated carbocycles. The van der Waals surface area contributed by atoms with Crippen LogP contribution in [0.1, 0.15) is 393 Å². The number of unbranched alkanes of at least 4 members (excludes halogenated alkanes) is 50. The maximum absolute atomic E-state index is 12.9. The second-order valence-corrected chi connectivity index (χ2v) is 23.8. The highest BCUT2D eigenvalue weighted by Gasteiger charge is 2.19. The first-order valence-corrected chi connectivity index (χ1v) is 34.8. The van der Waals surface area contributed by atoms with Crippen LogP contribution in [0.25, 0.3) is 0 Å². The number of esters is 3. The van der Waals surface area contributed by atoms with E-state index in [-0.39, 0.29) is 31.1 Å². The number of hydrogen-bond donors (Lipinski definition) is 0. The minimum atomic E-state index is -0.773. The molecule has 0 rings (SSSR count). The van der Waals surface area contributed by atoms with Crippen molar-refractivity contribution in [3.63, 3.8) is 0 Å². The predicted octanol–water partition coefficient (Wildman–Crippen LogP) is 23.8. The third-order valence-corrected chi connectivity index (χ3v) is 15.9. The molecule has 0 aromatic carbocycles. The van der Waals surface area contributed by atoms with Crippen molar-refractivity contribution < 1.29 is 28.6 Å². The fraction of sp³-hybridized carbons (Fsp3) is 0.901. The summed E-state index contributed by atoms with van der Waals surface area (Å²) in [5.74, 6) is -0.853. The van der Waals surface area contributed by atoms with Crippen molar-refractivity contribution in [1.29, 1.82) is 0 Å². The van der Waals surface area contributed by atoms with E-state index in [0.717, 1.165) is 64.2 Å². The van der Waals surface area contributed by atoms with Crippen molar-refractivity contribution in [2.75, 3.05) is 13.2 Å². The first kappa shape index (κ1) is 74.9. The van der Waals surface area contributed by atoms with Crippen molar-refractivity contribution in [2.45, 2.75) is 399 Å². The second-order valence-electron chi connectivity index (χ2n) is 23.8. The van der Waals surface area contributed by atoms with Crippen LogP contribution in [-0.2, 0) is 28.6 Å². The Morgan fingerprint density at radius 3 is 0.675 bits per heavy atom. The number of carbonyl (C=O) groups is 3. The van der Waals surface area contributed by atoms with Gasteiger partial charge < -0.3 is 14.2 Å². The van der Waals surface area contributed by atoms with E-state index >= 15 is 0 Å². The lowest BCUT2D eigenvalue weighted by Crippen LogP contribution is -2.30. The highest BCUT2D eigenvalue weighted by Crippen LogP contribution is 2.19. The predicted molar refractivity (Wildman–Crippen MR) is 335 cm³/mol. The standard InChI is InChI=1S/C71H134O6/c1-4-7-10-13-16-19-22-25-27-29-31-32-33-34-35-36-37-38-39-41-42-44-46-49-52-55-58-61-64-70(73)76-67-68(66-75-69(72)63-60-57-54-51-48-24-21-18-15-12-9-6-3)77-71(74)65-62-59-56-53-50-47-45-43-40-30-28-26-23-20-17-14-11-8-5-2/h18,21,26,28,68H,4-17,19-20,22-25,27,29-67H2,1-3H3/b21-18-,28-26-. The van der Waals surface area contributed by atoms with Crippen molar-refractivity contribution in [2.24, 2.45) is 0 Å². The Balaban J connectivity index is 4.16. The van der Waals surface area contributed by atoms with Gasteiger partial charge in [0.25, 0.3) is 0 Å². The van der Waals surface area contributed by atoms with Gasteiger partial charge in [-0.05, 0) is 70.6 Å². The summed E-state index contributed by atoms with van der Waals surface area (Å²) in [6, 6.07) is 0. The topological polar surface area (TPSA) is 78.9 Å². The van der Waals surface area contributed by atoms with Gasteiger partial charge in [-0.25, -0.2) is 0 Å². The van der Waals surface area contributed by atoms with Gasteiger partial charge in [-0.3, -0.25) is 14.4 Å². The highest BCUT2D eigenvalue weighted by atomic mass is 16.6. The van der Waals surface area contributed by atoms with Gasteiger partial charge in [0.2, 0.25) is 0 Å². The average Bonchev–Trinajstić information content (AvgIpc) is 3.43. The van der Waals surface area contributed by atoms with Crippen LogP contribution in [0.5, 0.6) is 0 Å². The van der Waals surface area contributed by atoms with Gasteiger partial charge in [-0.15, -0.1) is 0 Å². The van der Waals surface area contributed by atoms with Crippen LogP contribution in [0.3, 0.4) is 0 Å². The summed E-state index contributed by atoms with van der Waals surface area (Å²) in [7, 11) is 0. The lowest BCUT2D eigenvalue weighted by molar-refractivity contribution is -0.167. The van der Waals surface area contributed by atoms with Crippen LogP contribution in [0.2, 0.25) is 0 Å². The highest BCUT2D eigenvalue weighted by molar-refractivity contribution is 5.71. The van der Waals surface area contributed by atoms with E-state index in [1.807, 2.05) is 0 Å². The molecule has 0 radical (unpaired) electrons. The molecule has 0 bridgehead atoms. The SMILES string of the molecule is CCCCC/C=C\CCCCCCCC(=O)OCC(COC(=O)CCCCCCCCCCCCCCCCCCCCCCCCCCCCCC)OC(=O)CCCCCCCCCCC/C=C\CCCCCCCC. The quantitative estimate of drug-likeness (QED) is 0.0261. The summed E-state index contributed by atoms with van der Waals surface area (Å²) in [6.45, 7) is 6.68. The molecule has 0 aromatic heterocycles. The lowest BCUT2D eigenvalue weighted by atomic mass is 10.0. The molecule has 1 atom stereocenters. The molecule has 0 heterocycles. The van der Waals surface area contributed by atoms with Crippen molar-refractivity contribution >= 4 is 17.9 Å². The molecule has 0 amide bonds. The summed E-state index contributed by atoms with van der Waals surface area (Å²) >= 11 is 0. The van der Waals surface area contributed by atoms with Crippen molar-refractivity contribution in [3.8, 4) is 0 Å². The fourth-order valence-electron chi connectivity index (χ4n) is 10.7. The van der Waals surface area contributed by atoms with Crippen molar-refractivity contribution in [1.82, 2.24) is 0 Å². The molecular weight excluding hydrogens is 949 g/mol. The molecule has 1 unspecified atom stereocenters. The normalized spacial score (nSPS) is 12.1. The molecule has 0 N–H and O–H groups in total. The molecule has 6 heteroatoms. The van der Waals surface area contributed by atoms with E-state index in [0.29, 0.717) is 19.3 Å². The summed E-state index contributed by atoms with van der Waals surface area (Å²) in [4.78, 5) is 38.3. The number of allylic oxidation sites excluding steroid dienone is 4. The van der Waals surface area contributed by atoms with Crippen LogP contribution in [0.15, 0.2) is 24.3 Å². The summed E-state index contributed by atoms with van der Waals surface area (Å²) < 4.78 is 17.0. The van der Waals surface area contributed by atoms with E-state index in [1.54, 1.807) is 0 Å². The Hall–Kier alpha value is -2.11. The van der Waals surface area contributed by atoms with Crippen LogP contribution >= 0.6 is 0 Å². The fourth-order valence-corrected chi connectivity index (χ4v) is 10.7. The Labute approximate surface area is 481 Å². The number of carbonyl (C=O) groups excluding carboxylic acids is 3. The smallest absolute Gasteiger partial charge is 0.306 e. The number of rotatable bonds is 65. The van der Waals surface area contributed by atoms with Gasteiger partial charge in [-0.2, -0.15) is 0 Å². The summed E-state index contributed by atoms with van der Waals surface area (Å²) in [5, 5.41) is 0. The Kier molecular flexibility index (Phi) is 64.6. The zero-order valence-corrected chi connectivity index (χ0v) is 52.3. The van der Waals surface area contributed by atoms with Crippen molar-refractivity contribution in [3.05, 3.63) is 24.3 Å². The molecule has 454 valence electrons. The monoisotopic (exact) mass is 1080 g/mol. The Bertz CT molecular complexity index is 1240. The molecule has 0 fully saturated rings. The van der Waals surface area contributed by atoms with E-state index in [1.165, 1.54) is 289 Å². The first-order valence-electron chi connectivity index (χ1n) is 34.8. The molecule has 0 aliphatic carbocycles. The van der Waals surface area contributed by atoms with Crippen LogP contribution < -0.4 is 0 Å². The van der Waals surface area contributed by atoms with Gasteiger partial charge in [0, 0.05) is 19.3 Å². The molecule has 77 heavy (non-hydrogen) atoms. The van der Waals surface area contributed by atoms with E-state index in [4.69, 9.17) is 14.2 Å². The molecule has 6 nitrogen and oxygen atoms in total. The van der Waals surface area contributed by atoms with Gasteiger partial charge in [-0.1, -0.05) is 328 Å². The molecule has 0 saturated heterocycles. The first-order chi connectivity index (χ1) is 38.0. The van der Waals surface area contributed by atoms with Gasteiger partial charge in [0.1, 0.15) is 13.2 Å². The molecule has 0 aromatic rings. The van der Waals surface area contributed by atoms with E-state index in [9.17, 15) is 14.4 Å². The van der Waals surface area contributed by atoms with Gasteiger partial charge in [0.15, 0.2) is 6.10 Å². The van der Waals surface area contributed by atoms with Gasteiger partial charge >= 0.3 is 17.9 Å². The molecule has 0 spiro atoms. The van der Waals surface area contributed by atoms with Crippen LogP contribution in [0.4, 0.5) is 0 Å². The summed E-state index contributed by atoms with van der Waals surface area (Å²) in [6.07, 6.45) is 80.7. The third-order valence-electron chi connectivity index (χ3n) is 15.9. The lowest BCUT2D eigenvalue weighted by Gasteiger charge is -2.18. The van der Waals surface area contributed by atoms with E-state index < -0.39 is 6.10 Å². The average molecular weight is 1080 g/mol.